The van der Waals surface area contributed by atoms with E-state index in [0.29, 0.717) is 11.1 Å². The SMILES string of the molecule is O=C(C=Cc1ccc(O)c(O)c1)OCc1ccccc1O[C@H]1O[C@H](CO)[C@@H](O)[C@@H](O)[C@H]1O. The number of hydrogen-bond acceptors (Lipinski definition) is 10. The zero-order valence-electron chi connectivity index (χ0n) is 16.8. The van der Waals surface area contributed by atoms with Crippen LogP contribution in [0.15, 0.2) is 48.5 Å². The van der Waals surface area contributed by atoms with Gasteiger partial charge in [0.05, 0.1) is 6.61 Å². The molecule has 1 saturated heterocycles. The summed E-state index contributed by atoms with van der Waals surface area (Å²) in [6.45, 7) is -0.771. The summed E-state index contributed by atoms with van der Waals surface area (Å²) >= 11 is 0. The lowest BCUT2D eigenvalue weighted by atomic mass is 9.99. The average molecular weight is 448 g/mol. The average Bonchev–Trinajstić information content (AvgIpc) is 2.79. The first kappa shape index (κ1) is 23.5. The van der Waals surface area contributed by atoms with Crippen molar-refractivity contribution >= 4 is 12.0 Å². The van der Waals surface area contributed by atoms with Crippen LogP contribution >= 0.6 is 0 Å². The molecule has 1 heterocycles. The third-order valence-electron chi connectivity index (χ3n) is 4.85. The largest absolute Gasteiger partial charge is 0.504 e. The number of rotatable bonds is 7. The van der Waals surface area contributed by atoms with Crippen molar-refractivity contribution in [1.82, 2.24) is 0 Å². The van der Waals surface area contributed by atoms with E-state index in [1.54, 1.807) is 24.3 Å². The molecule has 1 aliphatic heterocycles. The summed E-state index contributed by atoms with van der Waals surface area (Å²) in [6.07, 6.45) is -4.61. The molecule has 0 bridgehead atoms. The van der Waals surface area contributed by atoms with Gasteiger partial charge in [0, 0.05) is 11.6 Å². The molecule has 10 nitrogen and oxygen atoms in total. The number of carbonyl (C=O) groups is 1. The minimum absolute atomic E-state index is 0.183. The van der Waals surface area contributed by atoms with Gasteiger partial charge < -0.3 is 44.8 Å². The van der Waals surface area contributed by atoms with Crippen molar-refractivity contribution in [2.24, 2.45) is 0 Å². The maximum absolute atomic E-state index is 12.0. The topological polar surface area (TPSA) is 166 Å². The Hall–Kier alpha value is -3.15. The van der Waals surface area contributed by atoms with Crippen molar-refractivity contribution in [3.8, 4) is 17.2 Å². The van der Waals surface area contributed by atoms with E-state index in [4.69, 9.17) is 14.2 Å². The number of hydrogen-bond donors (Lipinski definition) is 6. The third kappa shape index (κ3) is 5.55. The smallest absolute Gasteiger partial charge is 0.331 e. The van der Waals surface area contributed by atoms with Crippen molar-refractivity contribution in [1.29, 1.82) is 0 Å². The van der Waals surface area contributed by atoms with E-state index in [9.17, 15) is 35.4 Å². The molecule has 2 aromatic rings. The highest BCUT2D eigenvalue weighted by Gasteiger charge is 2.44. The molecule has 0 amide bonds. The zero-order valence-corrected chi connectivity index (χ0v) is 16.8. The van der Waals surface area contributed by atoms with Gasteiger partial charge in [0.2, 0.25) is 6.29 Å². The fourth-order valence-corrected chi connectivity index (χ4v) is 3.03. The van der Waals surface area contributed by atoms with Crippen LogP contribution in [0.4, 0.5) is 0 Å². The highest BCUT2D eigenvalue weighted by Crippen LogP contribution is 2.27. The molecular weight excluding hydrogens is 424 g/mol. The Morgan fingerprint density at radius 1 is 1.00 bits per heavy atom. The van der Waals surface area contributed by atoms with Gasteiger partial charge in [0.1, 0.15) is 36.8 Å². The van der Waals surface area contributed by atoms with Crippen LogP contribution in [0.3, 0.4) is 0 Å². The summed E-state index contributed by atoms with van der Waals surface area (Å²) in [5.41, 5.74) is 0.914. The molecule has 0 unspecified atom stereocenters. The maximum atomic E-state index is 12.0. The number of aliphatic hydroxyl groups excluding tert-OH is 4. The molecule has 5 atom stereocenters. The molecule has 10 heteroatoms. The van der Waals surface area contributed by atoms with Crippen molar-refractivity contribution in [2.75, 3.05) is 6.61 Å². The molecule has 0 saturated carbocycles. The molecule has 0 spiro atoms. The number of phenols is 2. The van der Waals surface area contributed by atoms with E-state index < -0.39 is 43.3 Å². The first-order valence-corrected chi connectivity index (χ1v) is 9.72. The van der Waals surface area contributed by atoms with Crippen LogP contribution in [0.1, 0.15) is 11.1 Å². The van der Waals surface area contributed by atoms with Gasteiger partial charge in [-0.1, -0.05) is 24.3 Å². The third-order valence-corrected chi connectivity index (χ3v) is 4.85. The van der Waals surface area contributed by atoms with Gasteiger partial charge in [-0.3, -0.25) is 0 Å². The number of para-hydroxylation sites is 1. The summed E-state index contributed by atoms with van der Waals surface area (Å²) in [6, 6.07) is 10.5. The standard InChI is InChI=1S/C22H24O10/c23-10-17-19(27)20(28)21(29)22(32-17)31-16-4-2-1-3-13(16)11-30-18(26)8-6-12-5-7-14(24)15(25)9-12/h1-9,17,19-25,27-29H,10-11H2/t17-,19-,20-,21-,22+/m1/s1. The van der Waals surface area contributed by atoms with Gasteiger partial charge in [-0.2, -0.15) is 0 Å². The lowest BCUT2D eigenvalue weighted by Crippen LogP contribution is -2.60. The molecule has 3 rings (SSSR count). The van der Waals surface area contributed by atoms with Gasteiger partial charge in [-0.05, 0) is 29.8 Å². The second-order valence-electron chi connectivity index (χ2n) is 7.11. The Bertz CT molecular complexity index is 957. The Balaban J connectivity index is 1.63. The van der Waals surface area contributed by atoms with Crippen LogP contribution in [-0.4, -0.2) is 73.9 Å². The molecule has 0 radical (unpaired) electrons. The molecule has 6 N–H and O–H groups in total. The lowest BCUT2D eigenvalue weighted by molar-refractivity contribution is -0.277. The predicted octanol–water partition coefficient (Wildman–Crippen LogP) is 0.0331. The van der Waals surface area contributed by atoms with Gasteiger partial charge >= 0.3 is 5.97 Å². The molecule has 0 aliphatic carbocycles. The molecule has 0 aromatic heterocycles. The molecule has 1 aliphatic rings. The zero-order chi connectivity index (χ0) is 23.3. The van der Waals surface area contributed by atoms with Crippen LogP contribution in [0.2, 0.25) is 0 Å². The van der Waals surface area contributed by atoms with E-state index in [1.807, 2.05) is 0 Å². The number of esters is 1. The number of carbonyl (C=O) groups excluding carboxylic acids is 1. The predicted molar refractivity (Wildman–Crippen MR) is 109 cm³/mol. The van der Waals surface area contributed by atoms with Gasteiger partial charge in [0.15, 0.2) is 11.5 Å². The molecule has 32 heavy (non-hydrogen) atoms. The number of aliphatic hydroxyl groups is 4. The van der Waals surface area contributed by atoms with Crippen molar-refractivity contribution in [3.63, 3.8) is 0 Å². The summed E-state index contributed by atoms with van der Waals surface area (Å²) in [7, 11) is 0. The lowest BCUT2D eigenvalue weighted by Gasteiger charge is -2.39. The molecular formula is C22H24O10. The minimum Gasteiger partial charge on any atom is -0.504 e. The quantitative estimate of drug-likeness (QED) is 0.193. The molecule has 2 aromatic carbocycles. The second-order valence-corrected chi connectivity index (χ2v) is 7.11. The van der Waals surface area contributed by atoms with E-state index in [0.717, 1.165) is 6.08 Å². The summed E-state index contributed by atoms with van der Waals surface area (Å²) in [5.74, 6) is -1.07. The molecule has 1 fully saturated rings. The summed E-state index contributed by atoms with van der Waals surface area (Å²) < 4.78 is 16.1. The Morgan fingerprint density at radius 3 is 2.47 bits per heavy atom. The normalized spacial score (nSPS) is 25.6. The van der Waals surface area contributed by atoms with E-state index in [-0.39, 0.29) is 23.9 Å². The number of aromatic hydroxyl groups is 2. The number of phenolic OH excluding ortho intramolecular Hbond substituents is 2. The van der Waals surface area contributed by atoms with Gasteiger partial charge in [-0.25, -0.2) is 4.79 Å². The second kappa shape index (κ2) is 10.4. The van der Waals surface area contributed by atoms with Crippen molar-refractivity contribution in [3.05, 3.63) is 59.7 Å². The Morgan fingerprint density at radius 2 is 1.75 bits per heavy atom. The van der Waals surface area contributed by atoms with Crippen LogP contribution in [-0.2, 0) is 20.9 Å². The summed E-state index contributed by atoms with van der Waals surface area (Å²) in [5, 5.41) is 58.0. The van der Waals surface area contributed by atoms with Crippen LogP contribution in [0.5, 0.6) is 17.2 Å². The maximum Gasteiger partial charge on any atom is 0.331 e. The van der Waals surface area contributed by atoms with Crippen molar-refractivity contribution in [2.45, 2.75) is 37.3 Å². The number of benzene rings is 2. The highest BCUT2D eigenvalue weighted by atomic mass is 16.7. The van der Waals surface area contributed by atoms with Gasteiger partial charge in [-0.15, -0.1) is 0 Å². The van der Waals surface area contributed by atoms with Crippen LogP contribution in [0.25, 0.3) is 6.08 Å². The highest BCUT2D eigenvalue weighted by molar-refractivity contribution is 5.87. The molecule has 172 valence electrons. The Labute approximate surface area is 183 Å². The fraction of sp³-hybridized carbons (Fsp3) is 0.318. The fourth-order valence-electron chi connectivity index (χ4n) is 3.03. The minimum atomic E-state index is -1.58. The van der Waals surface area contributed by atoms with Crippen LogP contribution < -0.4 is 4.74 Å². The van der Waals surface area contributed by atoms with E-state index >= 15 is 0 Å². The first-order valence-electron chi connectivity index (χ1n) is 9.72. The van der Waals surface area contributed by atoms with Crippen LogP contribution in [0, 0.1) is 0 Å². The van der Waals surface area contributed by atoms with Crippen molar-refractivity contribution < 1.29 is 49.6 Å². The summed E-state index contributed by atoms with van der Waals surface area (Å²) in [4.78, 5) is 12.0. The van der Waals surface area contributed by atoms with E-state index in [2.05, 4.69) is 0 Å². The van der Waals surface area contributed by atoms with E-state index in [1.165, 1.54) is 24.3 Å². The monoisotopic (exact) mass is 448 g/mol. The Kier molecular flexibility index (Phi) is 7.67. The van der Waals surface area contributed by atoms with Gasteiger partial charge in [0.25, 0.3) is 0 Å². The number of ether oxygens (including phenoxy) is 3. The first-order chi connectivity index (χ1) is 15.3.